The van der Waals surface area contributed by atoms with Crippen molar-refractivity contribution >= 4 is 27.5 Å². The lowest BCUT2D eigenvalue weighted by atomic mass is 10.3. The summed E-state index contributed by atoms with van der Waals surface area (Å²) in [6.07, 6.45) is 2.06. The first-order chi connectivity index (χ1) is 8.85. The van der Waals surface area contributed by atoms with E-state index in [2.05, 4.69) is 23.2 Å². The second-order valence-electron chi connectivity index (χ2n) is 4.80. The molecule has 0 amide bonds. The van der Waals surface area contributed by atoms with E-state index in [-0.39, 0.29) is 6.04 Å². The molecule has 0 heterocycles. The molecule has 1 aromatic rings. The first-order valence-corrected chi connectivity index (χ1v) is 9.10. The van der Waals surface area contributed by atoms with Crippen molar-refractivity contribution in [2.45, 2.75) is 37.8 Å². The maximum atomic E-state index is 11.9. The van der Waals surface area contributed by atoms with Gasteiger partial charge in [0.1, 0.15) is 0 Å². The third-order valence-electron chi connectivity index (χ3n) is 2.39. The predicted molar refractivity (Wildman–Crippen MR) is 83.4 cm³/mol. The molecule has 0 aromatic heterocycles. The molecule has 0 aliphatic carbocycles. The zero-order valence-corrected chi connectivity index (χ0v) is 13.4. The Morgan fingerprint density at radius 1 is 1.16 bits per heavy atom. The fraction of sp³-hybridized carbons (Fsp3) is 0.538. The molecule has 0 radical (unpaired) electrons. The van der Waals surface area contributed by atoms with Gasteiger partial charge in [-0.3, -0.25) is 0 Å². The van der Waals surface area contributed by atoms with Crippen LogP contribution in [-0.2, 0) is 10.0 Å². The van der Waals surface area contributed by atoms with E-state index in [1.54, 1.807) is 49.9 Å². The lowest BCUT2D eigenvalue weighted by Crippen LogP contribution is -2.30. The Hall–Kier alpha value is -0.720. The Morgan fingerprint density at radius 2 is 1.74 bits per heavy atom. The van der Waals surface area contributed by atoms with E-state index in [4.69, 9.17) is 0 Å². The smallest absolute Gasteiger partial charge is 0.240 e. The topological polar surface area (TPSA) is 58.2 Å². The number of hydrogen-bond acceptors (Lipinski definition) is 4. The molecular weight excluding hydrogens is 280 g/mol. The Bertz CT molecular complexity index is 484. The van der Waals surface area contributed by atoms with Gasteiger partial charge in [-0.25, -0.2) is 13.1 Å². The molecule has 1 rings (SSSR count). The molecule has 108 valence electrons. The maximum Gasteiger partial charge on any atom is 0.240 e. The van der Waals surface area contributed by atoms with Crippen LogP contribution in [0.25, 0.3) is 0 Å². The Morgan fingerprint density at radius 3 is 2.21 bits per heavy atom. The van der Waals surface area contributed by atoms with Crippen molar-refractivity contribution in [2.75, 3.05) is 17.3 Å². The van der Waals surface area contributed by atoms with Gasteiger partial charge in [-0.05, 0) is 51.3 Å². The predicted octanol–water partition coefficient (Wildman–Crippen LogP) is 2.54. The molecule has 4 nitrogen and oxygen atoms in total. The van der Waals surface area contributed by atoms with Crippen molar-refractivity contribution in [3.63, 3.8) is 0 Å². The average Bonchev–Trinajstić information content (AvgIpc) is 2.28. The molecule has 0 aliphatic heterocycles. The summed E-state index contributed by atoms with van der Waals surface area (Å²) in [5.41, 5.74) is 0.935. The molecule has 0 fully saturated rings. The highest BCUT2D eigenvalue weighted by Gasteiger charge is 2.14. The van der Waals surface area contributed by atoms with Gasteiger partial charge >= 0.3 is 0 Å². The zero-order valence-electron chi connectivity index (χ0n) is 11.8. The van der Waals surface area contributed by atoms with E-state index >= 15 is 0 Å². The van der Waals surface area contributed by atoms with E-state index in [1.807, 2.05) is 0 Å². The van der Waals surface area contributed by atoms with E-state index in [9.17, 15) is 8.42 Å². The average molecular weight is 302 g/mol. The second kappa shape index (κ2) is 7.17. The summed E-state index contributed by atoms with van der Waals surface area (Å²) in [5.74, 6) is 1.01. The summed E-state index contributed by atoms with van der Waals surface area (Å²) in [4.78, 5) is 0.296. The zero-order chi connectivity index (χ0) is 14.5. The van der Waals surface area contributed by atoms with E-state index in [1.165, 1.54) is 0 Å². The summed E-state index contributed by atoms with van der Waals surface area (Å²) < 4.78 is 26.5. The Balaban J connectivity index is 2.76. The Kier molecular flexibility index (Phi) is 6.16. The monoisotopic (exact) mass is 302 g/mol. The first kappa shape index (κ1) is 16.3. The standard InChI is InChI=1S/C13H22N2O2S2/c1-10(2)15-19(16,17)13-7-5-12(6-8-13)14-11(3)9-18-4/h5-8,10-11,14-15H,9H2,1-4H3. The summed E-state index contributed by atoms with van der Waals surface area (Å²) in [5, 5.41) is 3.33. The minimum Gasteiger partial charge on any atom is -0.382 e. The number of hydrogen-bond donors (Lipinski definition) is 2. The summed E-state index contributed by atoms with van der Waals surface area (Å²) in [6.45, 7) is 5.70. The fourth-order valence-electron chi connectivity index (χ4n) is 1.68. The minimum absolute atomic E-state index is 0.107. The molecule has 0 bridgehead atoms. The highest BCUT2D eigenvalue weighted by molar-refractivity contribution is 7.98. The molecule has 1 atom stereocenters. The van der Waals surface area contributed by atoms with Gasteiger partial charge in [-0.1, -0.05) is 0 Å². The normalized spacial score (nSPS) is 13.5. The van der Waals surface area contributed by atoms with Crippen molar-refractivity contribution in [2.24, 2.45) is 0 Å². The second-order valence-corrected chi connectivity index (χ2v) is 7.43. The van der Waals surface area contributed by atoms with Gasteiger partial charge in [0.2, 0.25) is 10.0 Å². The largest absolute Gasteiger partial charge is 0.382 e. The number of nitrogens with one attached hydrogen (secondary N) is 2. The van der Waals surface area contributed by atoms with E-state index in [0.717, 1.165) is 11.4 Å². The molecule has 2 N–H and O–H groups in total. The van der Waals surface area contributed by atoms with Crippen LogP contribution in [0.1, 0.15) is 20.8 Å². The molecule has 0 aliphatic rings. The van der Waals surface area contributed by atoms with Gasteiger partial charge in [0.05, 0.1) is 4.90 Å². The van der Waals surface area contributed by atoms with Gasteiger partial charge in [-0.2, -0.15) is 11.8 Å². The molecule has 19 heavy (non-hydrogen) atoms. The molecule has 6 heteroatoms. The SMILES string of the molecule is CSCC(C)Nc1ccc(S(=O)(=O)NC(C)C)cc1. The molecule has 0 saturated heterocycles. The minimum atomic E-state index is -3.40. The number of thioether (sulfide) groups is 1. The number of sulfonamides is 1. The van der Waals surface area contributed by atoms with Crippen molar-refractivity contribution in [1.29, 1.82) is 0 Å². The van der Waals surface area contributed by atoms with Crippen molar-refractivity contribution in [3.8, 4) is 0 Å². The lowest BCUT2D eigenvalue weighted by molar-refractivity contribution is 0.570. The van der Waals surface area contributed by atoms with E-state index < -0.39 is 10.0 Å². The number of anilines is 1. The highest BCUT2D eigenvalue weighted by Crippen LogP contribution is 2.15. The van der Waals surface area contributed by atoms with E-state index in [0.29, 0.717) is 10.9 Å². The summed E-state index contributed by atoms with van der Waals surface area (Å²) in [7, 11) is -3.40. The number of rotatable bonds is 7. The van der Waals surface area contributed by atoms with Crippen molar-refractivity contribution in [3.05, 3.63) is 24.3 Å². The van der Waals surface area contributed by atoms with Crippen LogP contribution in [0.2, 0.25) is 0 Å². The van der Waals surface area contributed by atoms with Crippen molar-refractivity contribution in [1.82, 2.24) is 4.72 Å². The van der Waals surface area contributed by atoms with Gasteiger partial charge in [-0.15, -0.1) is 0 Å². The maximum absolute atomic E-state index is 11.9. The highest BCUT2D eigenvalue weighted by atomic mass is 32.2. The van der Waals surface area contributed by atoms with Gasteiger partial charge < -0.3 is 5.32 Å². The quantitative estimate of drug-likeness (QED) is 0.812. The van der Waals surface area contributed by atoms with Crippen LogP contribution in [-0.4, -0.2) is 32.5 Å². The van der Waals surface area contributed by atoms with Crippen LogP contribution in [0.4, 0.5) is 5.69 Å². The number of benzene rings is 1. The summed E-state index contributed by atoms with van der Waals surface area (Å²) >= 11 is 1.77. The van der Waals surface area contributed by atoms with Crippen LogP contribution in [0.15, 0.2) is 29.2 Å². The van der Waals surface area contributed by atoms with Crippen LogP contribution in [0.5, 0.6) is 0 Å². The van der Waals surface area contributed by atoms with Gasteiger partial charge in [0, 0.05) is 23.5 Å². The van der Waals surface area contributed by atoms with Crippen LogP contribution in [0, 0.1) is 0 Å². The van der Waals surface area contributed by atoms with Gasteiger partial charge in [0.25, 0.3) is 0 Å². The Labute approximate surface area is 120 Å². The van der Waals surface area contributed by atoms with Gasteiger partial charge in [0.15, 0.2) is 0 Å². The lowest BCUT2D eigenvalue weighted by Gasteiger charge is -2.14. The fourth-order valence-corrected chi connectivity index (χ4v) is 3.52. The summed E-state index contributed by atoms with van der Waals surface area (Å²) in [6, 6.07) is 7.09. The molecule has 1 aromatic carbocycles. The third kappa shape index (κ3) is 5.42. The molecular formula is C13H22N2O2S2. The van der Waals surface area contributed by atoms with Crippen molar-refractivity contribution < 1.29 is 8.42 Å². The molecule has 0 saturated carbocycles. The van der Waals surface area contributed by atoms with Crippen LogP contribution in [0.3, 0.4) is 0 Å². The van der Waals surface area contributed by atoms with Crippen LogP contribution >= 0.6 is 11.8 Å². The van der Waals surface area contributed by atoms with Crippen LogP contribution < -0.4 is 10.0 Å². The molecule has 0 spiro atoms. The first-order valence-electron chi connectivity index (χ1n) is 6.23. The third-order valence-corrected chi connectivity index (χ3v) is 4.89. The molecule has 1 unspecified atom stereocenters.